The maximum absolute atomic E-state index is 10.9. The molecule has 0 bridgehead atoms. The number of carbonyl (C=O) groups excluding carboxylic acids is 1. The summed E-state index contributed by atoms with van der Waals surface area (Å²) in [5.74, 6) is 0.987. The van der Waals surface area contributed by atoms with Crippen molar-refractivity contribution in [3.05, 3.63) is 18.0 Å². The Bertz CT molecular complexity index is 452. The molecule has 116 valence electrons. The van der Waals surface area contributed by atoms with E-state index in [9.17, 15) is 4.79 Å². The van der Waals surface area contributed by atoms with Crippen LogP contribution in [0.4, 0.5) is 5.95 Å². The van der Waals surface area contributed by atoms with Crippen molar-refractivity contribution in [2.24, 2.45) is 11.7 Å². The molecule has 1 amide bonds. The van der Waals surface area contributed by atoms with E-state index >= 15 is 0 Å². The quantitative estimate of drug-likeness (QED) is 0.819. The Morgan fingerprint density at radius 2 is 2.00 bits per heavy atom. The minimum Gasteiger partial charge on any atom is -0.370 e. The average Bonchev–Trinajstić information content (AvgIpc) is 2.46. The zero-order chi connectivity index (χ0) is 15.2. The standard InChI is InChI=1S/C15H25N5O/c1-11(2)17-8-13-9-18-15(19-10-13)20-5-3-12(4-6-20)7-14(16)21/h9-12,17H,3-8H2,1-2H3,(H2,16,21). The van der Waals surface area contributed by atoms with E-state index in [1.54, 1.807) is 0 Å². The summed E-state index contributed by atoms with van der Waals surface area (Å²) in [6.45, 7) is 6.80. The summed E-state index contributed by atoms with van der Waals surface area (Å²) >= 11 is 0. The molecule has 0 radical (unpaired) electrons. The van der Waals surface area contributed by atoms with Gasteiger partial charge < -0.3 is 16.0 Å². The molecule has 1 saturated heterocycles. The van der Waals surface area contributed by atoms with E-state index in [1.807, 2.05) is 12.4 Å². The van der Waals surface area contributed by atoms with Gasteiger partial charge in [-0.2, -0.15) is 0 Å². The number of amides is 1. The van der Waals surface area contributed by atoms with Gasteiger partial charge in [0, 0.05) is 50.1 Å². The van der Waals surface area contributed by atoms with Crippen LogP contribution in [0.3, 0.4) is 0 Å². The highest BCUT2D eigenvalue weighted by Gasteiger charge is 2.22. The Morgan fingerprint density at radius 1 is 1.38 bits per heavy atom. The Morgan fingerprint density at radius 3 is 2.52 bits per heavy atom. The van der Waals surface area contributed by atoms with Crippen LogP contribution in [0.2, 0.25) is 0 Å². The lowest BCUT2D eigenvalue weighted by Gasteiger charge is -2.31. The molecule has 1 aromatic rings. The van der Waals surface area contributed by atoms with Gasteiger partial charge in [-0.15, -0.1) is 0 Å². The van der Waals surface area contributed by atoms with Gasteiger partial charge in [0.05, 0.1) is 0 Å². The van der Waals surface area contributed by atoms with Crippen molar-refractivity contribution in [2.75, 3.05) is 18.0 Å². The zero-order valence-corrected chi connectivity index (χ0v) is 12.9. The van der Waals surface area contributed by atoms with Crippen molar-refractivity contribution in [1.82, 2.24) is 15.3 Å². The first-order valence-corrected chi connectivity index (χ1v) is 7.62. The van der Waals surface area contributed by atoms with Crippen molar-refractivity contribution in [3.63, 3.8) is 0 Å². The van der Waals surface area contributed by atoms with Gasteiger partial charge in [-0.25, -0.2) is 9.97 Å². The first kappa shape index (κ1) is 15.7. The Labute approximate surface area is 126 Å². The highest BCUT2D eigenvalue weighted by atomic mass is 16.1. The number of nitrogens with two attached hydrogens (primary N) is 1. The molecule has 1 fully saturated rings. The average molecular weight is 291 g/mol. The van der Waals surface area contributed by atoms with Gasteiger partial charge in [0.2, 0.25) is 11.9 Å². The maximum atomic E-state index is 10.9. The fourth-order valence-electron chi connectivity index (χ4n) is 2.55. The molecular weight excluding hydrogens is 266 g/mol. The molecular formula is C15H25N5O. The molecule has 0 spiro atoms. The van der Waals surface area contributed by atoms with Crippen molar-refractivity contribution in [1.29, 1.82) is 0 Å². The fourth-order valence-corrected chi connectivity index (χ4v) is 2.55. The molecule has 0 unspecified atom stereocenters. The fraction of sp³-hybridized carbons (Fsp3) is 0.667. The lowest BCUT2D eigenvalue weighted by atomic mass is 9.93. The van der Waals surface area contributed by atoms with Crippen LogP contribution in [0.25, 0.3) is 0 Å². The minimum absolute atomic E-state index is 0.202. The Balaban J connectivity index is 1.84. The molecule has 2 heterocycles. The second-order valence-electron chi connectivity index (χ2n) is 6.03. The molecule has 1 aromatic heterocycles. The van der Waals surface area contributed by atoms with Crippen LogP contribution in [0, 0.1) is 5.92 Å². The summed E-state index contributed by atoms with van der Waals surface area (Å²) in [6, 6.07) is 0.453. The van der Waals surface area contributed by atoms with Crippen molar-refractivity contribution < 1.29 is 4.79 Å². The van der Waals surface area contributed by atoms with Gasteiger partial charge in [-0.3, -0.25) is 4.79 Å². The van der Waals surface area contributed by atoms with Gasteiger partial charge in [0.15, 0.2) is 0 Å². The third kappa shape index (κ3) is 4.97. The number of hydrogen-bond acceptors (Lipinski definition) is 5. The lowest BCUT2D eigenvalue weighted by molar-refractivity contribution is -0.119. The SMILES string of the molecule is CC(C)NCc1cnc(N2CCC(CC(N)=O)CC2)nc1. The number of hydrogen-bond donors (Lipinski definition) is 2. The molecule has 6 nitrogen and oxygen atoms in total. The van der Waals surface area contributed by atoms with Gasteiger partial charge in [-0.05, 0) is 18.8 Å². The van der Waals surface area contributed by atoms with Crippen LogP contribution < -0.4 is 16.0 Å². The van der Waals surface area contributed by atoms with Crippen molar-refractivity contribution in [2.45, 2.75) is 45.7 Å². The first-order valence-electron chi connectivity index (χ1n) is 7.62. The van der Waals surface area contributed by atoms with E-state index in [4.69, 9.17) is 5.73 Å². The third-order valence-corrected chi connectivity index (χ3v) is 3.79. The summed E-state index contributed by atoms with van der Waals surface area (Å²) in [6.07, 6.45) is 6.21. The number of primary amides is 1. The second-order valence-corrected chi connectivity index (χ2v) is 6.03. The predicted molar refractivity (Wildman–Crippen MR) is 82.8 cm³/mol. The van der Waals surface area contributed by atoms with E-state index in [1.165, 1.54) is 0 Å². The molecule has 0 saturated carbocycles. The highest BCUT2D eigenvalue weighted by molar-refractivity contribution is 5.74. The van der Waals surface area contributed by atoms with Gasteiger partial charge >= 0.3 is 0 Å². The van der Waals surface area contributed by atoms with E-state index in [2.05, 4.69) is 34.0 Å². The van der Waals surface area contributed by atoms with Crippen molar-refractivity contribution in [3.8, 4) is 0 Å². The molecule has 21 heavy (non-hydrogen) atoms. The highest BCUT2D eigenvalue weighted by Crippen LogP contribution is 2.22. The number of nitrogens with zero attached hydrogens (tertiary/aromatic N) is 3. The number of carbonyl (C=O) groups is 1. The third-order valence-electron chi connectivity index (χ3n) is 3.79. The summed E-state index contributed by atoms with van der Waals surface area (Å²) < 4.78 is 0. The largest absolute Gasteiger partial charge is 0.370 e. The van der Waals surface area contributed by atoms with E-state index in [0.717, 1.165) is 44.0 Å². The maximum Gasteiger partial charge on any atom is 0.225 e. The summed E-state index contributed by atoms with van der Waals surface area (Å²) in [5, 5.41) is 3.35. The van der Waals surface area contributed by atoms with Gasteiger partial charge in [0.25, 0.3) is 0 Å². The monoisotopic (exact) mass is 291 g/mol. The topological polar surface area (TPSA) is 84.1 Å². The van der Waals surface area contributed by atoms with Crippen LogP contribution in [0.15, 0.2) is 12.4 Å². The van der Waals surface area contributed by atoms with E-state index < -0.39 is 0 Å². The van der Waals surface area contributed by atoms with Crippen LogP contribution in [-0.2, 0) is 11.3 Å². The molecule has 1 aliphatic rings. The van der Waals surface area contributed by atoms with E-state index in [-0.39, 0.29) is 5.91 Å². The predicted octanol–water partition coefficient (Wildman–Crippen LogP) is 1.07. The lowest BCUT2D eigenvalue weighted by Crippen LogP contribution is -2.36. The molecule has 1 aliphatic heterocycles. The molecule has 3 N–H and O–H groups in total. The summed E-state index contributed by atoms with van der Waals surface area (Å²) in [5.41, 5.74) is 6.35. The molecule has 2 rings (SSSR count). The van der Waals surface area contributed by atoms with Crippen LogP contribution in [0.5, 0.6) is 0 Å². The molecule has 6 heteroatoms. The molecule has 0 aliphatic carbocycles. The van der Waals surface area contributed by atoms with Crippen molar-refractivity contribution >= 4 is 11.9 Å². The van der Waals surface area contributed by atoms with Crippen LogP contribution in [0.1, 0.15) is 38.7 Å². The number of piperidine rings is 1. The van der Waals surface area contributed by atoms with Crippen LogP contribution >= 0.6 is 0 Å². The minimum atomic E-state index is -0.202. The second kappa shape index (κ2) is 7.36. The molecule has 0 aromatic carbocycles. The summed E-state index contributed by atoms with van der Waals surface area (Å²) in [4.78, 5) is 22.0. The van der Waals surface area contributed by atoms with E-state index in [0.29, 0.717) is 18.4 Å². The number of anilines is 1. The summed E-state index contributed by atoms with van der Waals surface area (Å²) in [7, 11) is 0. The zero-order valence-electron chi connectivity index (χ0n) is 12.9. The number of rotatable bonds is 6. The number of nitrogens with one attached hydrogen (secondary N) is 1. The Kier molecular flexibility index (Phi) is 5.50. The smallest absolute Gasteiger partial charge is 0.225 e. The van der Waals surface area contributed by atoms with Gasteiger partial charge in [0.1, 0.15) is 0 Å². The normalized spacial score (nSPS) is 16.4. The Hall–Kier alpha value is -1.69. The van der Waals surface area contributed by atoms with Crippen LogP contribution in [-0.4, -0.2) is 35.0 Å². The van der Waals surface area contributed by atoms with Gasteiger partial charge in [-0.1, -0.05) is 13.8 Å². The number of aromatic nitrogens is 2. The first-order chi connectivity index (χ1) is 10.0. The molecule has 0 atom stereocenters.